The van der Waals surface area contributed by atoms with Crippen molar-refractivity contribution in [1.82, 2.24) is 4.98 Å². The first-order valence-corrected chi connectivity index (χ1v) is 7.88. The number of hydrogen-bond donors (Lipinski definition) is 1. The van der Waals surface area contributed by atoms with E-state index in [2.05, 4.69) is 17.1 Å². The minimum atomic E-state index is 0.208. The van der Waals surface area contributed by atoms with Gasteiger partial charge in [-0.1, -0.05) is 0 Å². The fraction of sp³-hybridized carbons (Fsp3) is 0.706. The van der Waals surface area contributed by atoms with Crippen molar-refractivity contribution in [3.8, 4) is 0 Å². The molecule has 0 aromatic carbocycles. The molecule has 4 bridgehead atoms. The quantitative estimate of drug-likeness (QED) is 0.895. The molecular weight excluding hydrogens is 232 g/mol. The van der Waals surface area contributed by atoms with E-state index in [0.717, 1.165) is 17.8 Å². The second kappa shape index (κ2) is 4.31. The summed E-state index contributed by atoms with van der Waals surface area (Å²) < 4.78 is 0. The Kier molecular flexibility index (Phi) is 2.70. The van der Waals surface area contributed by atoms with E-state index in [-0.39, 0.29) is 6.04 Å². The molecule has 4 fully saturated rings. The predicted octanol–water partition coefficient (Wildman–Crippen LogP) is 3.69. The first-order valence-electron chi connectivity index (χ1n) is 7.88. The van der Waals surface area contributed by atoms with Crippen LogP contribution >= 0.6 is 0 Å². The molecule has 4 aliphatic rings. The number of rotatable bonds is 3. The Morgan fingerprint density at radius 3 is 2.11 bits per heavy atom. The molecule has 2 nitrogen and oxygen atoms in total. The van der Waals surface area contributed by atoms with Gasteiger partial charge in [0.25, 0.3) is 0 Å². The molecule has 5 rings (SSSR count). The Morgan fingerprint density at radius 1 is 1.05 bits per heavy atom. The molecule has 0 aliphatic heterocycles. The lowest BCUT2D eigenvalue weighted by Gasteiger charge is -2.57. The maximum atomic E-state index is 6.49. The number of nitrogens with zero attached hydrogens (tertiary/aromatic N) is 1. The standard InChI is InChI=1S/C17H24N2/c18-16(15-1-3-19-4-2-15)11-17-8-12-5-13(9-17)7-14(6-12)10-17/h1-4,12-14,16H,5-11,18H2. The van der Waals surface area contributed by atoms with Gasteiger partial charge in [-0.25, -0.2) is 0 Å². The summed E-state index contributed by atoms with van der Waals surface area (Å²) in [5.74, 6) is 3.07. The molecule has 0 radical (unpaired) electrons. The van der Waals surface area contributed by atoms with E-state index in [1.54, 1.807) is 0 Å². The largest absolute Gasteiger partial charge is 0.324 e. The maximum Gasteiger partial charge on any atom is 0.0301 e. The first-order chi connectivity index (χ1) is 9.22. The third kappa shape index (κ3) is 2.10. The summed E-state index contributed by atoms with van der Waals surface area (Å²) >= 11 is 0. The zero-order chi connectivity index (χ0) is 12.9. The predicted molar refractivity (Wildman–Crippen MR) is 76.4 cm³/mol. The Hall–Kier alpha value is -0.890. The summed E-state index contributed by atoms with van der Waals surface area (Å²) in [4.78, 5) is 4.10. The van der Waals surface area contributed by atoms with Gasteiger partial charge < -0.3 is 5.73 Å². The highest BCUT2D eigenvalue weighted by atomic mass is 14.7. The summed E-state index contributed by atoms with van der Waals surface area (Å²) in [7, 11) is 0. The molecule has 19 heavy (non-hydrogen) atoms. The third-order valence-corrected chi connectivity index (χ3v) is 5.95. The molecule has 4 saturated carbocycles. The van der Waals surface area contributed by atoms with Crippen molar-refractivity contribution in [1.29, 1.82) is 0 Å². The van der Waals surface area contributed by atoms with Gasteiger partial charge in [0, 0.05) is 18.4 Å². The van der Waals surface area contributed by atoms with Gasteiger partial charge in [-0.2, -0.15) is 0 Å². The third-order valence-electron chi connectivity index (χ3n) is 5.95. The van der Waals surface area contributed by atoms with Gasteiger partial charge in [0.05, 0.1) is 0 Å². The molecule has 0 spiro atoms. The van der Waals surface area contributed by atoms with Gasteiger partial charge in [0.1, 0.15) is 0 Å². The molecule has 2 N–H and O–H groups in total. The highest BCUT2D eigenvalue weighted by Crippen LogP contribution is 2.62. The van der Waals surface area contributed by atoms with Gasteiger partial charge in [-0.05, 0) is 85.8 Å². The van der Waals surface area contributed by atoms with Crippen LogP contribution in [0.2, 0.25) is 0 Å². The van der Waals surface area contributed by atoms with Crippen LogP contribution in [-0.2, 0) is 0 Å². The molecule has 1 heterocycles. The van der Waals surface area contributed by atoms with Crippen molar-refractivity contribution in [2.24, 2.45) is 28.9 Å². The molecule has 1 unspecified atom stereocenters. The average molecular weight is 256 g/mol. The Bertz CT molecular complexity index is 418. The van der Waals surface area contributed by atoms with Gasteiger partial charge >= 0.3 is 0 Å². The van der Waals surface area contributed by atoms with E-state index in [0.29, 0.717) is 5.41 Å². The summed E-state index contributed by atoms with van der Waals surface area (Å²) in [5.41, 5.74) is 8.34. The van der Waals surface area contributed by atoms with Crippen molar-refractivity contribution in [2.45, 2.75) is 51.0 Å². The smallest absolute Gasteiger partial charge is 0.0301 e. The zero-order valence-electron chi connectivity index (χ0n) is 11.6. The normalized spacial score (nSPS) is 41.4. The summed E-state index contributed by atoms with van der Waals surface area (Å²) in [6.45, 7) is 0. The van der Waals surface area contributed by atoms with Crippen LogP contribution in [0.15, 0.2) is 24.5 Å². The fourth-order valence-corrected chi connectivity index (χ4v) is 5.74. The topological polar surface area (TPSA) is 38.9 Å². The second-order valence-corrected chi connectivity index (χ2v) is 7.51. The lowest BCUT2D eigenvalue weighted by molar-refractivity contribution is -0.0605. The van der Waals surface area contributed by atoms with Gasteiger partial charge in [0.15, 0.2) is 0 Å². The van der Waals surface area contributed by atoms with Crippen LogP contribution < -0.4 is 5.73 Å². The van der Waals surface area contributed by atoms with Crippen LogP contribution in [0.3, 0.4) is 0 Å². The summed E-state index contributed by atoms with van der Waals surface area (Å²) in [6.07, 6.45) is 13.9. The Balaban J connectivity index is 1.53. The molecule has 1 aromatic heterocycles. The lowest BCUT2D eigenvalue weighted by Crippen LogP contribution is -2.47. The monoisotopic (exact) mass is 256 g/mol. The minimum Gasteiger partial charge on any atom is -0.324 e. The number of nitrogens with two attached hydrogens (primary N) is 1. The molecule has 0 amide bonds. The van der Waals surface area contributed by atoms with E-state index in [1.807, 2.05) is 12.4 Å². The summed E-state index contributed by atoms with van der Waals surface area (Å²) in [6, 6.07) is 4.38. The van der Waals surface area contributed by atoms with Crippen LogP contribution in [0.4, 0.5) is 0 Å². The van der Waals surface area contributed by atoms with Crippen LogP contribution in [-0.4, -0.2) is 4.98 Å². The SMILES string of the molecule is NC(CC12CC3CC(CC(C3)C1)C2)c1ccncc1. The van der Waals surface area contributed by atoms with Gasteiger partial charge in [-0.3, -0.25) is 4.98 Å². The molecule has 0 saturated heterocycles. The molecule has 4 aliphatic carbocycles. The van der Waals surface area contributed by atoms with Crippen LogP contribution in [0.5, 0.6) is 0 Å². The number of aromatic nitrogens is 1. The number of pyridine rings is 1. The van der Waals surface area contributed by atoms with Crippen LogP contribution in [0, 0.1) is 23.2 Å². The molecule has 2 heteroatoms. The lowest BCUT2D eigenvalue weighted by atomic mass is 9.48. The molecular formula is C17H24N2. The van der Waals surface area contributed by atoms with E-state index in [1.165, 1.54) is 50.5 Å². The first kappa shape index (κ1) is 11.9. The van der Waals surface area contributed by atoms with Crippen molar-refractivity contribution in [3.63, 3.8) is 0 Å². The van der Waals surface area contributed by atoms with E-state index < -0.39 is 0 Å². The average Bonchev–Trinajstić information content (AvgIpc) is 2.37. The van der Waals surface area contributed by atoms with Crippen molar-refractivity contribution >= 4 is 0 Å². The highest BCUT2D eigenvalue weighted by molar-refractivity contribution is 5.16. The van der Waals surface area contributed by atoms with E-state index >= 15 is 0 Å². The maximum absolute atomic E-state index is 6.49. The summed E-state index contributed by atoms with van der Waals surface area (Å²) in [5, 5.41) is 0. The minimum absolute atomic E-state index is 0.208. The van der Waals surface area contributed by atoms with E-state index in [4.69, 9.17) is 5.73 Å². The van der Waals surface area contributed by atoms with Crippen molar-refractivity contribution in [2.75, 3.05) is 0 Å². The van der Waals surface area contributed by atoms with E-state index in [9.17, 15) is 0 Å². The zero-order valence-corrected chi connectivity index (χ0v) is 11.6. The number of hydrogen-bond acceptors (Lipinski definition) is 2. The Labute approximate surface area is 115 Å². The van der Waals surface area contributed by atoms with Crippen LogP contribution in [0.25, 0.3) is 0 Å². The molecule has 1 aromatic rings. The second-order valence-electron chi connectivity index (χ2n) is 7.51. The van der Waals surface area contributed by atoms with Gasteiger partial charge in [-0.15, -0.1) is 0 Å². The van der Waals surface area contributed by atoms with Gasteiger partial charge in [0.2, 0.25) is 0 Å². The fourth-order valence-electron chi connectivity index (χ4n) is 5.74. The van der Waals surface area contributed by atoms with Crippen molar-refractivity contribution in [3.05, 3.63) is 30.1 Å². The Morgan fingerprint density at radius 2 is 1.58 bits per heavy atom. The molecule has 1 atom stereocenters. The van der Waals surface area contributed by atoms with Crippen molar-refractivity contribution < 1.29 is 0 Å². The molecule has 102 valence electrons. The van der Waals surface area contributed by atoms with Crippen LogP contribution in [0.1, 0.15) is 56.6 Å². The highest BCUT2D eigenvalue weighted by Gasteiger charge is 2.51.